The van der Waals surface area contributed by atoms with Gasteiger partial charge in [0, 0.05) is 33.3 Å². The van der Waals surface area contributed by atoms with Crippen molar-refractivity contribution in [2.45, 2.75) is 24.5 Å². The van der Waals surface area contributed by atoms with Crippen molar-refractivity contribution in [1.29, 1.82) is 0 Å². The van der Waals surface area contributed by atoms with E-state index in [1.807, 2.05) is 60.0 Å². The molecular formula is C32H27N3O5S. The highest BCUT2D eigenvalue weighted by atomic mass is 32.2. The minimum Gasteiger partial charge on any atom is -0.389 e. The number of rotatable bonds is 8. The number of non-ortho nitro benzene ring substituents is 1. The average Bonchev–Trinajstić information content (AvgIpc) is 3.29. The van der Waals surface area contributed by atoms with Crippen LogP contribution in [0, 0.1) is 17.0 Å². The fourth-order valence-corrected chi connectivity index (χ4v) is 7.00. The van der Waals surface area contributed by atoms with Crippen LogP contribution in [0.2, 0.25) is 0 Å². The van der Waals surface area contributed by atoms with Crippen LogP contribution < -0.4 is 4.31 Å². The summed E-state index contributed by atoms with van der Waals surface area (Å²) >= 11 is 0. The molecule has 206 valence electrons. The number of hydrogen-bond donors (Lipinski definition) is 1. The largest absolute Gasteiger partial charge is 0.389 e. The van der Waals surface area contributed by atoms with E-state index in [2.05, 4.69) is 0 Å². The summed E-state index contributed by atoms with van der Waals surface area (Å²) in [6.45, 7) is 1.74. The van der Waals surface area contributed by atoms with E-state index in [9.17, 15) is 23.6 Å². The number of nitro groups is 1. The third-order valence-electron chi connectivity index (χ3n) is 7.40. The third-order valence-corrected chi connectivity index (χ3v) is 9.19. The molecule has 0 saturated heterocycles. The van der Waals surface area contributed by atoms with E-state index in [1.54, 1.807) is 36.4 Å². The van der Waals surface area contributed by atoms with Crippen molar-refractivity contribution in [2.24, 2.45) is 0 Å². The van der Waals surface area contributed by atoms with Gasteiger partial charge in [0.15, 0.2) is 0 Å². The van der Waals surface area contributed by atoms with E-state index in [0.717, 1.165) is 27.4 Å². The van der Waals surface area contributed by atoms with Crippen molar-refractivity contribution in [3.8, 4) is 0 Å². The number of nitro benzene ring substituents is 1. The van der Waals surface area contributed by atoms with E-state index in [1.165, 1.54) is 28.6 Å². The van der Waals surface area contributed by atoms with Gasteiger partial charge in [0.25, 0.3) is 15.7 Å². The first-order chi connectivity index (χ1) is 19.8. The van der Waals surface area contributed by atoms with E-state index in [-0.39, 0.29) is 29.4 Å². The molecule has 0 fully saturated rings. The predicted molar refractivity (Wildman–Crippen MR) is 162 cm³/mol. The lowest BCUT2D eigenvalue weighted by molar-refractivity contribution is -0.383. The lowest BCUT2D eigenvalue weighted by Crippen LogP contribution is -2.39. The second kappa shape index (κ2) is 10.3. The Morgan fingerprint density at radius 1 is 0.780 bits per heavy atom. The summed E-state index contributed by atoms with van der Waals surface area (Å²) < 4.78 is 31.5. The average molecular weight is 566 g/mol. The third kappa shape index (κ3) is 4.69. The predicted octanol–water partition coefficient (Wildman–Crippen LogP) is 6.42. The summed E-state index contributed by atoms with van der Waals surface area (Å²) in [6.07, 6.45) is -1.11. The molecule has 0 bridgehead atoms. The van der Waals surface area contributed by atoms with Gasteiger partial charge < -0.3 is 9.67 Å². The number of aromatic nitrogens is 1. The number of para-hydroxylation sites is 2. The number of aryl methyl sites for hydroxylation is 1. The molecule has 0 aliphatic heterocycles. The summed E-state index contributed by atoms with van der Waals surface area (Å²) in [5.41, 5.74) is 2.90. The summed E-state index contributed by atoms with van der Waals surface area (Å²) in [7, 11) is -4.16. The second-order valence-corrected chi connectivity index (χ2v) is 11.9. The molecule has 0 saturated carbocycles. The van der Waals surface area contributed by atoms with Gasteiger partial charge in [0.1, 0.15) is 0 Å². The van der Waals surface area contributed by atoms with Gasteiger partial charge in [-0.05, 0) is 43.3 Å². The Morgan fingerprint density at radius 2 is 1.34 bits per heavy atom. The molecule has 41 heavy (non-hydrogen) atoms. The molecule has 0 aliphatic carbocycles. The Bertz CT molecular complexity index is 1980. The molecule has 0 spiro atoms. The van der Waals surface area contributed by atoms with E-state index in [0.29, 0.717) is 10.8 Å². The standard InChI is InChI=1S/C32H27N3O5S/c1-22-16-18-24(19-17-22)41(39,40)34(31-14-6-11-28-27(31)10-7-15-32(28)35(37)38)21-23(36)20-33-29-12-4-2-8-25(29)26-9-3-5-13-30(26)33/h2-19,23,36H,20-21H2,1H3. The van der Waals surface area contributed by atoms with Crippen LogP contribution in [0.1, 0.15) is 5.56 Å². The molecule has 8 nitrogen and oxygen atoms in total. The Morgan fingerprint density at radius 3 is 1.98 bits per heavy atom. The van der Waals surface area contributed by atoms with Gasteiger partial charge >= 0.3 is 0 Å². The minimum atomic E-state index is -4.16. The molecule has 0 aliphatic rings. The molecule has 9 heteroatoms. The molecule has 1 aromatic heterocycles. The Kier molecular flexibility index (Phi) is 6.69. The Labute approximate surface area is 236 Å². The van der Waals surface area contributed by atoms with Gasteiger partial charge in [-0.1, -0.05) is 72.3 Å². The first-order valence-electron chi connectivity index (χ1n) is 13.2. The van der Waals surface area contributed by atoms with Crippen LogP contribution in [0.3, 0.4) is 0 Å². The zero-order chi connectivity index (χ0) is 28.7. The summed E-state index contributed by atoms with van der Waals surface area (Å²) in [6, 6.07) is 31.7. The smallest absolute Gasteiger partial charge is 0.277 e. The number of nitrogens with zero attached hydrogens (tertiary/aromatic N) is 3. The molecule has 1 heterocycles. The van der Waals surface area contributed by atoms with Gasteiger partial charge in [-0.25, -0.2) is 8.42 Å². The maximum Gasteiger partial charge on any atom is 0.277 e. The highest BCUT2D eigenvalue weighted by Gasteiger charge is 2.30. The molecule has 5 aromatic carbocycles. The molecule has 6 aromatic rings. The fraction of sp³-hybridized carbons (Fsp3) is 0.125. The molecule has 1 N–H and O–H groups in total. The maximum absolute atomic E-state index is 14.1. The van der Waals surface area contributed by atoms with Gasteiger partial charge in [0.05, 0.1) is 40.1 Å². The van der Waals surface area contributed by atoms with Crippen LogP contribution in [0.5, 0.6) is 0 Å². The van der Waals surface area contributed by atoms with Crippen LogP contribution in [0.4, 0.5) is 11.4 Å². The van der Waals surface area contributed by atoms with Crippen molar-refractivity contribution in [3.05, 3.63) is 125 Å². The summed E-state index contributed by atoms with van der Waals surface area (Å²) in [5.74, 6) is 0. The number of anilines is 1. The topological polar surface area (TPSA) is 106 Å². The molecule has 1 atom stereocenters. The van der Waals surface area contributed by atoms with E-state index >= 15 is 0 Å². The number of aliphatic hydroxyl groups excluding tert-OH is 1. The lowest BCUT2D eigenvalue weighted by atomic mass is 10.1. The zero-order valence-electron chi connectivity index (χ0n) is 22.2. The van der Waals surface area contributed by atoms with Crippen LogP contribution in [-0.4, -0.2) is 35.7 Å². The normalized spacial score (nSPS) is 12.6. The number of hydrogen-bond acceptors (Lipinski definition) is 5. The van der Waals surface area contributed by atoms with Crippen molar-refractivity contribution in [3.63, 3.8) is 0 Å². The number of sulfonamides is 1. The Hall–Kier alpha value is -4.73. The molecular weight excluding hydrogens is 538 g/mol. The van der Waals surface area contributed by atoms with Gasteiger partial charge in [0.2, 0.25) is 0 Å². The molecule has 6 rings (SSSR count). The first kappa shape index (κ1) is 26.5. The van der Waals surface area contributed by atoms with Crippen LogP contribution in [0.25, 0.3) is 32.6 Å². The van der Waals surface area contributed by atoms with Crippen LogP contribution >= 0.6 is 0 Å². The zero-order valence-corrected chi connectivity index (χ0v) is 23.0. The first-order valence-corrected chi connectivity index (χ1v) is 14.6. The lowest BCUT2D eigenvalue weighted by Gasteiger charge is -2.28. The molecule has 1 unspecified atom stereocenters. The molecule has 0 radical (unpaired) electrons. The van der Waals surface area contributed by atoms with Gasteiger partial charge in [-0.15, -0.1) is 0 Å². The monoisotopic (exact) mass is 565 g/mol. The minimum absolute atomic E-state index is 0.0644. The van der Waals surface area contributed by atoms with Crippen molar-refractivity contribution in [2.75, 3.05) is 10.8 Å². The van der Waals surface area contributed by atoms with Crippen molar-refractivity contribution < 1.29 is 18.4 Å². The number of aliphatic hydroxyl groups is 1. The van der Waals surface area contributed by atoms with Crippen LogP contribution in [-0.2, 0) is 16.6 Å². The highest BCUT2D eigenvalue weighted by molar-refractivity contribution is 7.92. The number of benzene rings is 5. The maximum atomic E-state index is 14.1. The van der Waals surface area contributed by atoms with Crippen molar-refractivity contribution in [1.82, 2.24) is 4.57 Å². The quantitative estimate of drug-likeness (QED) is 0.169. The van der Waals surface area contributed by atoms with Gasteiger partial charge in [-0.3, -0.25) is 14.4 Å². The summed E-state index contributed by atoms with van der Waals surface area (Å²) in [4.78, 5) is 11.3. The molecule has 0 amide bonds. The SMILES string of the molecule is Cc1ccc(S(=O)(=O)N(CC(O)Cn2c3ccccc3c3ccccc32)c2cccc3c([N+](=O)[O-])cccc23)cc1. The van der Waals surface area contributed by atoms with Crippen molar-refractivity contribution >= 4 is 54.0 Å². The van der Waals surface area contributed by atoms with E-state index in [4.69, 9.17) is 0 Å². The summed E-state index contributed by atoms with van der Waals surface area (Å²) in [5, 5.41) is 26.1. The fourth-order valence-electron chi connectivity index (χ4n) is 5.48. The number of fused-ring (bicyclic) bond motifs is 4. The van der Waals surface area contributed by atoms with Gasteiger partial charge in [-0.2, -0.15) is 0 Å². The highest BCUT2D eigenvalue weighted by Crippen LogP contribution is 2.36. The van der Waals surface area contributed by atoms with E-state index < -0.39 is 21.1 Å². The van der Waals surface area contributed by atoms with Crippen LogP contribution in [0.15, 0.2) is 114 Å². The second-order valence-electron chi connectivity index (χ2n) is 10.1. The Balaban J connectivity index is 1.47.